The molecule has 0 spiro atoms. The summed E-state index contributed by atoms with van der Waals surface area (Å²) in [6.45, 7) is 4.81. The van der Waals surface area contributed by atoms with Gasteiger partial charge in [0.2, 0.25) is 0 Å². The lowest BCUT2D eigenvalue weighted by molar-refractivity contribution is -0.118. The standard InChI is InChI=1S/C21H20BrClN6OS/c1-2-10-29-19(13-24-18-8-6-17(23)7-9-18)26-28-21(29)31-14-20(30)27-25-12-15-4-3-5-16(22)11-15/h2-9,11-12,24H,1,10,13-14H2,(H,27,30). The van der Waals surface area contributed by atoms with Crippen LogP contribution in [0.4, 0.5) is 5.69 Å². The minimum atomic E-state index is -0.231. The van der Waals surface area contributed by atoms with Crippen LogP contribution >= 0.6 is 39.3 Å². The van der Waals surface area contributed by atoms with Crippen LogP contribution in [0.5, 0.6) is 0 Å². The molecule has 7 nitrogen and oxygen atoms in total. The molecule has 0 aliphatic carbocycles. The quantitative estimate of drug-likeness (QED) is 0.175. The van der Waals surface area contributed by atoms with Gasteiger partial charge >= 0.3 is 0 Å². The van der Waals surface area contributed by atoms with Crippen molar-refractivity contribution in [3.63, 3.8) is 0 Å². The lowest BCUT2D eigenvalue weighted by atomic mass is 10.2. The molecule has 1 aromatic heterocycles. The van der Waals surface area contributed by atoms with Crippen LogP contribution in [-0.4, -0.2) is 32.6 Å². The molecule has 0 saturated heterocycles. The Hall–Kier alpha value is -2.62. The maximum atomic E-state index is 12.1. The van der Waals surface area contributed by atoms with Crippen LogP contribution in [-0.2, 0) is 17.9 Å². The summed E-state index contributed by atoms with van der Waals surface area (Å²) in [4.78, 5) is 12.1. The third-order valence-electron chi connectivity index (χ3n) is 3.98. The Morgan fingerprint density at radius 2 is 2.06 bits per heavy atom. The first-order valence-corrected chi connectivity index (χ1v) is 11.4. The van der Waals surface area contributed by atoms with E-state index in [1.807, 2.05) is 53.1 Å². The predicted molar refractivity (Wildman–Crippen MR) is 130 cm³/mol. The van der Waals surface area contributed by atoms with Crippen LogP contribution in [0.15, 0.2) is 75.9 Å². The van der Waals surface area contributed by atoms with E-state index in [2.05, 4.69) is 48.6 Å². The van der Waals surface area contributed by atoms with Crippen molar-refractivity contribution in [1.29, 1.82) is 0 Å². The highest BCUT2D eigenvalue weighted by atomic mass is 79.9. The first-order chi connectivity index (χ1) is 15.0. The summed E-state index contributed by atoms with van der Waals surface area (Å²) in [5, 5.41) is 17.1. The first kappa shape index (κ1) is 23.1. The zero-order valence-electron chi connectivity index (χ0n) is 16.5. The Kier molecular flexibility index (Phi) is 8.69. The number of nitrogens with one attached hydrogen (secondary N) is 2. The number of benzene rings is 2. The Morgan fingerprint density at radius 1 is 1.26 bits per heavy atom. The number of rotatable bonds is 10. The third kappa shape index (κ3) is 7.23. The molecule has 0 saturated carbocycles. The molecule has 1 amide bonds. The van der Waals surface area contributed by atoms with Gasteiger partial charge in [-0.2, -0.15) is 5.10 Å². The lowest BCUT2D eigenvalue weighted by Gasteiger charge is -2.09. The number of nitrogens with zero attached hydrogens (tertiary/aromatic N) is 4. The van der Waals surface area contributed by atoms with Crippen LogP contribution < -0.4 is 10.7 Å². The highest BCUT2D eigenvalue weighted by molar-refractivity contribution is 9.10. The second-order valence-electron chi connectivity index (χ2n) is 6.30. The van der Waals surface area contributed by atoms with Crippen molar-refractivity contribution < 1.29 is 4.79 Å². The molecule has 0 aliphatic rings. The topological polar surface area (TPSA) is 84.2 Å². The normalized spacial score (nSPS) is 10.9. The van der Waals surface area contributed by atoms with Gasteiger partial charge in [0, 0.05) is 21.7 Å². The Morgan fingerprint density at radius 3 is 2.81 bits per heavy atom. The number of carbonyl (C=O) groups excluding carboxylic acids is 1. The Labute approximate surface area is 198 Å². The fourth-order valence-corrected chi connectivity index (χ4v) is 3.85. The number of halogens is 2. The molecule has 160 valence electrons. The van der Waals surface area contributed by atoms with Crippen LogP contribution in [0, 0.1) is 0 Å². The number of allylic oxidation sites excluding steroid dienone is 1. The molecule has 0 bridgehead atoms. The Bertz CT molecular complexity index is 1070. The fourth-order valence-electron chi connectivity index (χ4n) is 2.55. The molecule has 0 radical (unpaired) electrons. The highest BCUT2D eigenvalue weighted by Gasteiger charge is 2.13. The van der Waals surface area contributed by atoms with Gasteiger partial charge in [-0.25, -0.2) is 5.43 Å². The molecule has 3 rings (SSSR count). The van der Waals surface area contributed by atoms with E-state index < -0.39 is 0 Å². The molecule has 31 heavy (non-hydrogen) atoms. The van der Waals surface area contributed by atoms with E-state index in [9.17, 15) is 4.79 Å². The predicted octanol–water partition coefficient (Wildman–Crippen LogP) is 4.73. The SMILES string of the molecule is C=CCn1c(CNc2ccc(Cl)cc2)nnc1SCC(=O)NN=Cc1cccc(Br)c1. The number of thioether (sulfide) groups is 1. The molecule has 0 fully saturated rings. The van der Waals surface area contributed by atoms with Gasteiger partial charge in [0.15, 0.2) is 11.0 Å². The van der Waals surface area contributed by atoms with Gasteiger partial charge in [0.1, 0.15) is 0 Å². The molecular formula is C21H20BrClN6OS. The van der Waals surface area contributed by atoms with E-state index in [1.165, 1.54) is 11.8 Å². The second kappa shape index (κ2) is 11.7. The monoisotopic (exact) mass is 518 g/mol. The van der Waals surface area contributed by atoms with Crippen molar-refractivity contribution in [2.75, 3.05) is 11.1 Å². The minimum absolute atomic E-state index is 0.162. The maximum Gasteiger partial charge on any atom is 0.250 e. The first-order valence-electron chi connectivity index (χ1n) is 9.28. The molecule has 2 N–H and O–H groups in total. The van der Waals surface area contributed by atoms with Gasteiger partial charge in [-0.05, 0) is 42.0 Å². The van der Waals surface area contributed by atoms with Crippen molar-refractivity contribution >= 4 is 57.1 Å². The van der Waals surface area contributed by atoms with E-state index in [1.54, 1.807) is 12.3 Å². The van der Waals surface area contributed by atoms with Crippen LogP contribution in [0.3, 0.4) is 0 Å². The Balaban J connectivity index is 1.54. The summed E-state index contributed by atoms with van der Waals surface area (Å²) < 4.78 is 2.86. The summed E-state index contributed by atoms with van der Waals surface area (Å²) in [6.07, 6.45) is 3.36. The summed E-state index contributed by atoms with van der Waals surface area (Å²) in [7, 11) is 0. The van der Waals surface area contributed by atoms with Crippen molar-refractivity contribution in [1.82, 2.24) is 20.2 Å². The summed E-state index contributed by atoms with van der Waals surface area (Å²) in [5.74, 6) is 0.672. The number of anilines is 1. The molecule has 0 aliphatic heterocycles. The number of hydrogen-bond acceptors (Lipinski definition) is 6. The number of carbonyl (C=O) groups is 1. The molecule has 0 unspecified atom stereocenters. The van der Waals surface area contributed by atoms with Crippen molar-refractivity contribution in [2.24, 2.45) is 5.10 Å². The van der Waals surface area contributed by atoms with E-state index in [0.717, 1.165) is 21.5 Å². The molecule has 1 heterocycles. The van der Waals surface area contributed by atoms with Crippen molar-refractivity contribution in [3.05, 3.63) is 82.1 Å². The van der Waals surface area contributed by atoms with E-state index in [-0.39, 0.29) is 11.7 Å². The second-order valence-corrected chi connectivity index (χ2v) is 8.59. The average molecular weight is 520 g/mol. The van der Waals surface area contributed by atoms with E-state index in [0.29, 0.717) is 23.3 Å². The molecule has 2 aromatic carbocycles. The number of hydrogen-bond donors (Lipinski definition) is 2. The summed E-state index contributed by atoms with van der Waals surface area (Å²) >= 11 is 10.6. The van der Waals surface area contributed by atoms with Gasteiger partial charge in [0.25, 0.3) is 5.91 Å². The lowest BCUT2D eigenvalue weighted by Crippen LogP contribution is -2.20. The smallest absolute Gasteiger partial charge is 0.250 e. The van der Waals surface area contributed by atoms with Gasteiger partial charge < -0.3 is 9.88 Å². The fraction of sp³-hybridized carbons (Fsp3) is 0.143. The van der Waals surface area contributed by atoms with Crippen molar-refractivity contribution in [3.8, 4) is 0 Å². The van der Waals surface area contributed by atoms with Gasteiger partial charge in [-0.1, -0.05) is 57.5 Å². The van der Waals surface area contributed by atoms with Crippen LogP contribution in [0.25, 0.3) is 0 Å². The van der Waals surface area contributed by atoms with Crippen LogP contribution in [0.2, 0.25) is 5.02 Å². The molecule has 0 atom stereocenters. The van der Waals surface area contributed by atoms with Gasteiger partial charge in [-0.15, -0.1) is 16.8 Å². The zero-order chi connectivity index (χ0) is 22.1. The molecule has 3 aromatic rings. The summed E-state index contributed by atoms with van der Waals surface area (Å²) in [5.41, 5.74) is 4.33. The third-order valence-corrected chi connectivity index (χ3v) is 5.70. The maximum absolute atomic E-state index is 12.1. The van der Waals surface area contributed by atoms with Crippen molar-refractivity contribution in [2.45, 2.75) is 18.2 Å². The van der Waals surface area contributed by atoms with Gasteiger partial charge in [0.05, 0.1) is 18.5 Å². The van der Waals surface area contributed by atoms with Gasteiger partial charge in [-0.3, -0.25) is 4.79 Å². The number of hydrazone groups is 1. The largest absolute Gasteiger partial charge is 0.378 e. The zero-order valence-corrected chi connectivity index (χ0v) is 19.6. The van der Waals surface area contributed by atoms with E-state index in [4.69, 9.17) is 11.6 Å². The van der Waals surface area contributed by atoms with E-state index >= 15 is 0 Å². The summed E-state index contributed by atoms with van der Waals surface area (Å²) in [6, 6.07) is 15.0. The van der Waals surface area contributed by atoms with Crippen LogP contribution in [0.1, 0.15) is 11.4 Å². The molecule has 10 heteroatoms. The number of amides is 1. The highest BCUT2D eigenvalue weighted by Crippen LogP contribution is 2.19. The number of aromatic nitrogens is 3. The average Bonchev–Trinajstić information content (AvgIpc) is 3.14. The minimum Gasteiger partial charge on any atom is -0.378 e. The molecular weight excluding hydrogens is 500 g/mol.